The molecule has 1 rings (SSSR count). The summed E-state index contributed by atoms with van der Waals surface area (Å²) in [7, 11) is 0. The number of allylic oxidation sites excluding steroid dienone is 1. The molecular formula is C10H10ClNO2. The molecule has 0 amide bonds. The van der Waals surface area contributed by atoms with E-state index in [1.165, 1.54) is 6.07 Å². The van der Waals surface area contributed by atoms with Crippen LogP contribution < -0.4 is 0 Å². The maximum atomic E-state index is 10.5. The van der Waals surface area contributed by atoms with Crippen molar-refractivity contribution in [1.82, 2.24) is 0 Å². The van der Waals surface area contributed by atoms with Crippen LogP contribution in [0.3, 0.4) is 0 Å². The molecule has 0 aliphatic carbocycles. The number of hydrogen-bond acceptors (Lipinski definition) is 2. The van der Waals surface area contributed by atoms with E-state index in [4.69, 9.17) is 11.6 Å². The molecule has 0 fully saturated rings. The van der Waals surface area contributed by atoms with Gasteiger partial charge in [-0.05, 0) is 18.1 Å². The van der Waals surface area contributed by atoms with Gasteiger partial charge in [0.15, 0.2) is 0 Å². The predicted molar refractivity (Wildman–Crippen MR) is 57.6 cm³/mol. The number of benzene rings is 1. The molecule has 74 valence electrons. The highest BCUT2D eigenvalue weighted by Gasteiger charge is 2.06. The van der Waals surface area contributed by atoms with Gasteiger partial charge in [-0.2, -0.15) is 0 Å². The molecule has 0 heterocycles. The molecule has 14 heavy (non-hydrogen) atoms. The van der Waals surface area contributed by atoms with Gasteiger partial charge in [-0.25, -0.2) is 0 Å². The number of nitrogens with zero attached hydrogens (tertiary/aromatic N) is 1. The Morgan fingerprint density at radius 3 is 2.86 bits per heavy atom. The Morgan fingerprint density at radius 2 is 2.29 bits per heavy atom. The van der Waals surface area contributed by atoms with Crippen molar-refractivity contribution in [3.63, 3.8) is 0 Å². The number of nitro groups is 1. The summed E-state index contributed by atoms with van der Waals surface area (Å²) in [6.07, 6.45) is 3.54. The Balaban J connectivity index is 3.08. The van der Waals surface area contributed by atoms with Gasteiger partial charge in [-0.1, -0.05) is 18.2 Å². The van der Waals surface area contributed by atoms with Gasteiger partial charge in [0.05, 0.1) is 4.92 Å². The second kappa shape index (κ2) is 4.77. The Morgan fingerprint density at radius 1 is 1.57 bits per heavy atom. The van der Waals surface area contributed by atoms with Crippen molar-refractivity contribution in [2.45, 2.75) is 6.92 Å². The first-order valence-corrected chi connectivity index (χ1v) is 4.66. The number of hydrogen-bond donors (Lipinski definition) is 0. The Bertz CT molecular complexity index is 374. The zero-order valence-electron chi connectivity index (χ0n) is 7.74. The molecule has 0 radical (unpaired) electrons. The number of rotatable bonds is 3. The van der Waals surface area contributed by atoms with Gasteiger partial charge in [-0.3, -0.25) is 10.1 Å². The second-order valence-electron chi connectivity index (χ2n) is 2.85. The largest absolute Gasteiger partial charge is 0.270 e. The quantitative estimate of drug-likeness (QED) is 0.438. The SMILES string of the molecule is Cc1ccc([N+](=O)[O-])cc1C=CCCl. The lowest BCUT2D eigenvalue weighted by molar-refractivity contribution is -0.384. The molecule has 0 aromatic heterocycles. The van der Waals surface area contributed by atoms with Crippen LogP contribution in [-0.2, 0) is 0 Å². The molecular weight excluding hydrogens is 202 g/mol. The highest BCUT2D eigenvalue weighted by atomic mass is 35.5. The molecule has 3 nitrogen and oxygen atoms in total. The highest BCUT2D eigenvalue weighted by molar-refractivity contribution is 6.19. The lowest BCUT2D eigenvalue weighted by atomic mass is 10.1. The summed E-state index contributed by atoms with van der Waals surface area (Å²) in [5, 5.41) is 10.5. The van der Waals surface area contributed by atoms with Crippen LogP contribution in [0, 0.1) is 17.0 Å². The lowest BCUT2D eigenvalue weighted by Gasteiger charge is -1.99. The van der Waals surface area contributed by atoms with E-state index in [0.717, 1.165) is 11.1 Å². The van der Waals surface area contributed by atoms with Crippen LogP contribution in [0.15, 0.2) is 24.3 Å². The average Bonchev–Trinajstić information content (AvgIpc) is 2.16. The fourth-order valence-corrected chi connectivity index (χ4v) is 1.18. The molecule has 0 bridgehead atoms. The van der Waals surface area contributed by atoms with E-state index in [-0.39, 0.29) is 5.69 Å². The summed E-state index contributed by atoms with van der Waals surface area (Å²) in [4.78, 5) is 10.1. The monoisotopic (exact) mass is 211 g/mol. The minimum absolute atomic E-state index is 0.102. The third-order valence-electron chi connectivity index (χ3n) is 1.86. The molecule has 4 heteroatoms. The standard InChI is InChI=1S/C10H10ClNO2/c1-8-4-5-10(12(13)14)7-9(8)3-2-6-11/h2-5,7H,6H2,1H3. The van der Waals surface area contributed by atoms with E-state index in [9.17, 15) is 10.1 Å². The van der Waals surface area contributed by atoms with Crippen molar-refractivity contribution >= 4 is 23.4 Å². The van der Waals surface area contributed by atoms with Crippen LogP contribution in [0.25, 0.3) is 6.08 Å². The number of aryl methyl sites for hydroxylation is 1. The van der Waals surface area contributed by atoms with Gasteiger partial charge in [-0.15, -0.1) is 11.6 Å². The zero-order chi connectivity index (χ0) is 10.6. The number of nitro benzene ring substituents is 1. The lowest BCUT2D eigenvalue weighted by Crippen LogP contribution is -1.89. The van der Waals surface area contributed by atoms with E-state index < -0.39 is 4.92 Å². The predicted octanol–water partition coefficient (Wildman–Crippen LogP) is 3.16. The van der Waals surface area contributed by atoms with Crippen molar-refractivity contribution < 1.29 is 4.92 Å². The molecule has 0 saturated carbocycles. The van der Waals surface area contributed by atoms with Crippen molar-refractivity contribution in [2.75, 3.05) is 5.88 Å². The molecule has 0 spiro atoms. The van der Waals surface area contributed by atoms with Crippen LogP contribution in [0.4, 0.5) is 5.69 Å². The van der Waals surface area contributed by atoms with Crippen LogP contribution in [-0.4, -0.2) is 10.8 Å². The van der Waals surface area contributed by atoms with Crippen LogP contribution in [0.2, 0.25) is 0 Å². The van der Waals surface area contributed by atoms with Crippen molar-refractivity contribution in [3.05, 3.63) is 45.5 Å². The summed E-state index contributed by atoms with van der Waals surface area (Å²) >= 11 is 5.49. The Hall–Kier alpha value is -1.35. The minimum atomic E-state index is -0.405. The first-order chi connectivity index (χ1) is 6.65. The topological polar surface area (TPSA) is 43.1 Å². The molecule has 1 aromatic carbocycles. The molecule has 0 saturated heterocycles. The molecule has 0 N–H and O–H groups in total. The third kappa shape index (κ3) is 2.57. The van der Waals surface area contributed by atoms with E-state index >= 15 is 0 Å². The minimum Gasteiger partial charge on any atom is -0.258 e. The van der Waals surface area contributed by atoms with Crippen LogP contribution in [0.1, 0.15) is 11.1 Å². The highest BCUT2D eigenvalue weighted by Crippen LogP contribution is 2.18. The Labute approximate surface area is 87.2 Å². The summed E-state index contributed by atoms with van der Waals surface area (Å²) in [5.74, 6) is 0.405. The van der Waals surface area contributed by atoms with Crippen molar-refractivity contribution in [1.29, 1.82) is 0 Å². The first-order valence-electron chi connectivity index (χ1n) is 4.12. The zero-order valence-corrected chi connectivity index (χ0v) is 8.49. The summed E-state index contributed by atoms with van der Waals surface area (Å²) < 4.78 is 0. The maximum absolute atomic E-state index is 10.5. The average molecular weight is 212 g/mol. The fraction of sp³-hybridized carbons (Fsp3) is 0.200. The number of alkyl halides is 1. The van der Waals surface area contributed by atoms with Gasteiger partial charge in [0.1, 0.15) is 0 Å². The second-order valence-corrected chi connectivity index (χ2v) is 3.16. The summed E-state index contributed by atoms with van der Waals surface area (Å²) in [5.41, 5.74) is 1.93. The molecule has 0 unspecified atom stereocenters. The molecule has 1 aromatic rings. The Kier molecular flexibility index (Phi) is 3.65. The van der Waals surface area contributed by atoms with Crippen molar-refractivity contribution in [2.24, 2.45) is 0 Å². The van der Waals surface area contributed by atoms with Gasteiger partial charge >= 0.3 is 0 Å². The first kappa shape index (κ1) is 10.7. The van der Waals surface area contributed by atoms with E-state index in [2.05, 4.69) is 0 Å². The van der Waals surface area contributed by atoms with E-state index in [0.29, 0.717) is 5.88 Å². The van der Waals surface area contributed by atoms with Crippen LogP contribution in [0.5, 0.6) is 0 Å². The molecule has 0 aliphatic rings. The van der Waals surface area contributed by atoms with E-state index in [1.807, 2.05) is 6.92 Å². The fourth-order valence-electron chi connectivity index (χ4n) is 1.09. The smallest absolute Gasteiger partial charge is 0.258 e. The molecule has 0 aliphatic heterocycles. The van der Waals surface area contributed by atoms with Gasteiger partial charge in [0.2, 0.25) is 0 Å². The summed E-state index contributed by atoms with van der Waals surface area (Å²) in [6.45, 7) is 1.90. The van der Waals surface area contributed by atoms with Crippen LogP contribution >= 0.6 is 11.6 Å². The molecule has 0 atom stereocenters. The van der Waals surface area contributed by atoms with Gasteiger partial charge < -0.3 is 0 Å². The normalized spacial score (nSPS) is 10.7. The number of halogens is 1. The van der Waals surface area contributed by atoms with E-state index in [1.54, 1.807) is 24.3 Å². The maximum Gasteiger partial charge on any atom is 0.270 e. The van der Waals surface area contributed by atoms with Gasteiger partial charge in [0, 0.05) is 18.0 Å². The van der Waals surface area contributed by atoms with Crippen molar-refractivity contribution in [3.8, 4) is 0 Å². The summed E-state index contributed by atoms with van der Waals surface area (Å²) in [6, 6.07) is 4.76. The third-order valence-corrected chi connectivity index (χ3v) is 2.04. The number of non-ortho nitro benzene ring substituents is 1. The van der Waals surface area contributed by atoms with Gasteiger partial charge in [0.25, 0.3) is 5.69 Å².